The van der Waals surface area contributed by atoms with Crippen molar-refractivity contribution < 1.29 is 4.74 Å². The fraction of sp³-hybridized carbons (Fsp3) is 0.333. The van der Waals surface area contributed by atoms with Gasteiger partial charge in [-0.15, -0.1) is 0 Å². The molecule has 160 valence electrons. The van der Waals surface area contributed by atoms with E-state index in [-0.39, 0.29) is 0 Å². The number of aryl methyl sites for hydroxylation is 1. The average molecular weight is 414 g/mol. The maximum absolute atomic E-state index is 5.52. The number of benzene rings is 3. The van der Waals surface area contributed by atoms with Gasteiger partial charge >= 0.3 is 0 Å². The van der Waals surface area contributed by atoms with Crippen molar-refractivity contribution in [3.05, 3.63) is 77.9 Å². The van der Waals surface area contributed by atoms with Crippen LogP contribution in [0.2, 0.25) is 0 Å². The summed E-state index contributed by atoms with van der Waals surface area (Å²) in [5.74, 6) is 0.990. The number of aromatic nitrogens is 1. The Morgan fingerprint density at radius 2 is 1.42 bits per heavy atom. The van der Waals surface area contributed by atoms with E-state index in [4.69, 9.17) is 4.74 Å². The molecule has 0 radical (unpaired) electrons. The van der Waals surface area contributed by atoms with Gasteiger partial charge in [-0.3, -0.25) is 9.80 Å². The van der Waals surface area contributed by atoms with Gasteiger partial charge in [-0.2, -0.15) is 0 Å². The number of fused-ring (bicyclic) bond motifs is 3. The van der Waals surface area contributed by atoms with Crippen molar-refractivity contribution >= 4 is 21.8 Å². The molecule has 0 bridgehead atoms. The van der Waals surface area contributed by atoms with E-state index in [0.717, 1.165) is 51.6 Å². The first-order valence-electron chi connectivity index (χ1n) is 11.3. The second kappa shape index (κ2) is 8.74. The van der Waals surface area contributed by atoms with Crippen LogP contribution in [-0.2, 0) is 19.6 Å². The second-order valence-electron chi connectivity index (χ2n) is 8.48. The fourth-order valence-corrected chi connectivity index (χ4v) is 4.98. The monoisotopic (exact) mass is 413 g/mol. The Labute approximate surface area is 184 Å². The van der Waals surface area contributed by atoms with Crippen LogP contribution >= 0.6 is 0 Å². The quantitative estimate of drug-likeness (QED) is 0.437. The average Bonchev–Trinajstić information content (AvgIpc) is 3.14. The van der Waals surface area contributed by atoms with Crippen molar-refractivity contribution in [3.8, 4) is 5.75 Å². The molecule has 1 aliphatic heterocycles. The lowest BCUT2D eigenvalue weighted by atomic mass is 10.1. The number of methoxy groups -OCH3 is 1. The van der Waals surface area contributed by atoms with Crippen molar-refractivity contribution in [3.63, 3.8) is 0 Å². The normalized spacial score (nSPS) is 15.7. The lowest BCUT2D eigenvalue weighted by Gasteiger charge is -2.35. The first kappa shape index (κ1) is 20.1. The van der Waals surface area contributed by atoms with Crippen molar-refractivity contribution in [1.82, 2.24) is 14.4 Å². The molecule has 0 aliphatic carbocycles. The molecule has 0 spiro atoms. The topological polar surface area (TPSA) is 20.6 Å². The highest BCUT2D eigenvalue weighted by atomic mass is 16.5. The lowest BCUT2D eigenvalue weighted by Crippen LogP contribution is -2.45. The maximum atomic E-state index is 5.52. The Morgan fingerprint density at radius 3 is 2.19 bits per heavy atom. The van der Waals surface area contributed by atoms with E-state index in [1.807, 2.05) is 6.07 Å². The summed E-state index contributed by atoms with van der Waals surface area (Å²) >= 11 is 0. The molecule has 0 amide bonds. The molecule has 4 aromatic rings. The number of ether oxygens (including phenoxy) is 1. The molecule has 4 heteroatoms. The highest BCUT2D eigenvalue weighted by Crippen LogP contribution is 2.30. The number of para-hydroxylation sites is 2. The first-order chi connectivity index (χ1) is 15.3. The van der Waals surface area contributed by atoms with Crippen LogP contribution in [0.4, 0.5) is 0 Å². The maximum Gasteiger partial charge on any atom is 0.123 e. The molecular formula is C27H31N3O. The zero-order valence-corrected chi connectivity index (χ0v) is 18.6. The third-order valence-electron chi connectivity index (χ3n) is 6.61. The minimum Gasteiger partial charge on any atom is -0.496 e. The van der Waals surface area contributed by atoms with E-state index >= 15 is 0 Å². The molecule has 4 nitrogen and oxygen atoms in total. The summed E-state index contributed by atoms with van der Waals surface area (Å²) in [7, 11) is 1.76. The Bertz CT molecular complexity index is 1190. The number of hydrogen-bond donors (Lipinski definition) is 0. The van der Waals surface area contributed by atoms with Gasteiger partial charge in [0, 0.05) is 73.2 Å². The fourth-order valence-electron chi connectivity index (χ4n) is 4.98. The highest BCUT2D eigenvalue weighted by molar-refractivity contribution is 6.08. The van der Waals surface area contributed by atoms with Crippen LogP contribution in [0, 0.1) is 0 Å². The van der Waals surface area contributed by atoms with Crippen LogP contribution in [-0.4, -0.2) is 47.7 Å². The van der Waals surface area contributed by atoms with Crippen LogP contribution in [0.5, 0.6) is 5.75 Å². The Morgan fingerprint density at radius 1 is 0.742 bits per heavy atom. The summed E-state index contributed by atoms with van der Waals surface area (Å²) in [5, 5.41) is 2.74. The first-order valence-corrected chi connectivity index (χ1v) is 11.3. The van der Waals surface area contributed by atoms with Gasteiger partial charge in [0.2, 0.25) is 0 Å². The van der Waals surface area contributed by atoms with Crippen molar-refractivity contribution in [1.29, 1.82) is 0 Å². The van der Waals surface area contributed by atoms with E-state index in [2.05, 4.69) is 82.0 Å². The summed E-state index contributed by atoms with van der Waals surface area (Å²) in [6.07, 6.45) is 0. The van der Waals surface area contributed by atoms with Gasteiger partial charge in [0.25, 0.3) is 0 Å². The van der Waals surface area contributed by atoms with Gasteiger partial charge in [-0.25, -0.2) is 0 Å². The third-order valence-corrected chi connectivity index (χ3v) is 6.61. The van der Waals surface area contributed by atoms with Crippen LogP contribution in [0.15, 0.2) is 66.7 Å². The Balaban J connectivity index is 1.28. The van der Waals surface area contributed by atoms with Gasteiger partial charge in [0.15, 0.2) is 0 Å². The smallest absolute Gasteiger partial charge is 0.123 e. The number of piperazine rings is 1. The van der Waals surface area contributed by atoms with Gasteiger partial charge in [0.1, 0.15) is 5.75 Å². The molecule has 31 heavy (non-hydrogen) atoms. The second-order valence-corrected chi connectivity index (χ2v) is 8.48. The molecule has 0 unspecified atom stereocenters. The molecular weight excluding hydrogens is 382 g/mol. The lowest BCUT2D eigenvalue weighted by molar-refractivity contribution is 0.121. The summed E-state index contributed by atoms with van der Waals surface area (Å²) in [6, 6.07) is 24.2. The van der Waals surface area contributed by atoms with Crippen molar-refractivity contribution in [2.75, 3.05) is 33.3 Å². The summed E-state index contributed by atoms with van der Waals surface area (Å²) < 4.78 is 7.95. The molecule has 1 aliphatic rings. The highest BCUT2D eigenvalue weighted by Gasteiger charge is 2.19. The predicted molar refractivity (Wildman–Crippen MR) is 129 cm³/mol. The van der Waals surface area contributed by atoms with E-state index < -0.39 is 0 Å². The molecule has 1 aromatic heterocycles. The number of hydrogen-bond acceptors (Lipinski definition) is 3. The predicted octanol–water partition coefficient (Wildman–Crippen LogP) is 5.14. The van der Waals surface area contributed by atoms with Crippen molar-refractivity contribution in [2.45, 2.75) is 26.6 Å². The van der Waals surface area contributed by atoms with Gasteiger partial charge < -0.3 is 9.30 Å². The molecule has 1 fully saturated rings. The van der Waals surface area contributed by atoms with Crippen molar-refractivity contribution in [2.24, 2.45) is 0 Å². The molecule has 0 N–H and O–H groups in total. The molecule has 0 atom stereocenters. The molecule has 5 rings (SSSR count). The number of nitrogens with zero attached hydrogens (tertiary/aromatic N) is 3. The molecule has 3 aromatic carbocycles. The minimum absolute atomic E-state index is 0.959. The summed E-state index contributed by atoms with van der Waals surface area (Å²) in [5.41, 5.74) is 5.36. The zero-order chi connectivity index (χ0) is 21.2. The van der Waals surface area contributed by atoms with Crippen LogP contribution in [0.1, 0.15) is 18.1 Å². The van der Waals surface area contributed by atoms with E-state index in [1.54, 1.807) is 7.11 Å². The summed E-state index contributed by atoms with van der Waals surface area (Å²) in [6.45, 7) is 9.59. The van der Waals surface area contributed by atoms with Gasteiger partial charge in [-0.1, -0.05) is 42.5 Å². The number of rotatable bonds is 6. The third kappa shape index (κ3) is 3.93. The molecule has 2 heterocycles. The van der Waals surface area contributed by atoms with Crippen LogP contribution < -0.4 is 4.74 Å². The van der Waals surface area contributed by atoms with Gasteiger partial charge in [-0.05, 0) is 36.8 Å². The SMILES string of the molecule is CCn1c2ccccc2c2cc(CN3CCN(Cc4ccccc4OC)CC3)ccc21. The van der Waals surface area contributed by atoms with E-state index in [9.17, 15) is 0 Å². The van der Waals surface area contributed by atoms with Crippen LogP contribution in [0.3, 0.4) is 0 Å². The molecule has 0 saturated carbocycles. The van der Waals surface area contributed by atoms with Crippen LogP contribution in [0.25, 0.3) is 21.8 Å². The Hall–Kier alpha value is -2.82. The van der Waals surface area contributed by atoms with E-state index in [0.29, 0.717) is 0 Å². The largest absolute Gasteiger partial charge is 0.496 e. The summed E-state index contributed by atoms with van der Waals surface area (Å²) in [4.78, 5) is 5.12. The van der Waals surface area contributed by atoms with E-state index in [1.165, 1.54) is 32.9 Å². The minimum atomic E-state index is 0.959. The Kier molecular flexibility index (Phi) is 5.66. The zero-order valence-electron chi connectivity index (χ0n) is 18.6. The van der Waals surface area contributed by atoms with Gasteiger partial charge in [0.05, 0.1) is 7.11 Å². The molecule has 1 saturated heterocycles. The standard InChI is InChI=1S/C27H31N3O/c1-3-30-25-10-6-5-9-23(25)24-18-21(12-13-26(24)30)19-28-14-16-29(17-15-28)20-22-8-4-7-11-27(22)31-2/h4-13,18H,3,14-17,19-20H2,1-2H3.